The van der Waals surface area contributed by atoms with Crippen molar-refractivity contribution in [3.8, 4) is 0 Å². The highest BCUT2D eigenvalue weighted by atomic mass is 127. The Balaban J connectivity index is 2.28. The minimum atomic E-state index is -0.180. The average Bonchev–Trinajstić information content (AvgIpc) is 2.40. The van der Waals surface area contributed by atoms with Crippen LogP contribution >= 0.6 is 34.2 Å². The normalized spacial score (nSPS) is 10.7. The summed E-state index contributed by atoms with van der Waals surface area (Å²) in [6.45, 7) is 4.03. The van der Waals surface area contributed by atoms with Gasteiger partial charge in [-0.15, -0.1) is 0 Å². The lowest BCUT2D eigenvalue weighted by Crippen LogP contribution is -2.13. The zero-order valence-corrected chi connectivity index (χ0v) is 14.1. The third-order valence-corrected chi connectivity index (χ3v) is 3.92. The molecule has 0 bridgehead atoms. The van der Waals surface area contributed by atoms with E-state index in [1.165, 1.54) is 0 Å². The fourth-order valence-electron chi connectivity index (χ4n) is 1.70. The molecule has 104 valence electrons. The zero-order chi connectivity index (χ0) is 14.7. The third-order valence-electron chi connectivity index (χ3n) is 2.79. The summed E-state index contributed by atoms with van der Waals surface area (Å²) in [5.41, 5.74) is 2.12. The Morgan fingerprint density at radius 3 is 2.65 bits per heavy atom. The minimum absolute atomic E-state index is 0.180. The number of benzene rings is 1. The summed E-state index contributed by atoms with van der Waals surface area (Å²) in [5.74, 6) is 0.0393. The van der Waals surface area contributed by atoms with E-state index in [-0.39, 0.29) is 11.8 Å². The molecule has 0 saturated heterocycles. The molecular formula is C15H14ClIN2O. The molecule has 0 saturated carbocycles. The van der Waals surface area contributed by atoms with Gasteiger partial charge in [-0.2, -0.15) is 0 Å². The van der Waals surface area contributed by atoms with Crippen molar-refractivity contribution in [1.29, 1.82) is 0 Å². The highest BCUT2D eigenvalue weighted by Gasteiger charge is 2.12. The molecule has 2 rings (SSSR count). The monoisotopic (exact) mass is 400 g/mol. The standard InChI is InChI=1S/C15H14ClIN2O/c1-9(2)13-7-10(8-14(16)18-13)15(20)19-12-6-4-3-5-11(12)17/h3-9H,1-2H3,(H,19,20). The molecule has 1 N–H and O–H groups in total. The number of halogens is 2. The summed E-state index contributed by atoms with van der Waals surface area (Å²) in [6.07, 6.45) is 0. The Kier molecular flexibility index (Phi) is 4.99. The van der Waals surface area contributed by atoms with Crippen molar-refractivity contribution >= 4 is 45.8 Å². The summed E-state index contributed by atoms with van der Waals surface area (Å²) in [7, 11) is 0. The van der Waals surface area contributed by atoms with E-state index in [1.54, 1.807) is 12.1 Å². The molecule has 0 spiro atoms. The van der Waals surface area contributed by atoms with Gasteiger partial charge in [0.15, 0.2) is 0 Å². The number of amides is 1. The van der Waals surface area contributed by atoms with Crippen LogP contribution in [-0.2, 0) is 0 Å². The van der Waals surface area contributed by atoms with Crippen LogP contribution in [0.3, 0.4) is 0 Å². The number of nitrogens with zero attached hydrogens (tertiary/aromatic N) is 1. The molecule has 1 aromatic carbocycles. The number of aromatic nitrogens is 1. The molecule has 0 atom stereocenters. The fourth-order valence-corrected chi connectivity index (χ4v) is 2.44. The van der Waals surface area contributed by atoms with E-state index in [0.717, 1.165) is 15.0 Å². The van der Waals surface area contributed by atoms with Crippen LogP contribution < -0.4 is 5.32 Å². The smallest absolute Gasteiger partial charge is 0.255 e. The van der Waals surface area contributed by atoms with Crippen molar-refractivity contribution in [2.75, 3.05) is 5.32 Å². The summed E-state index contributed by atoms with van der Waals surface area (Å²) >= 11 is 8.16. The Morgan fingerprint density at radius 2 is 2.00 bits per heavy atom. The van der Waals surface area contributed by atoms with Crippen LogP contribution in [0.15, 0.2) is 36.4 Å². The van der Waals surface area contributed by atoms with Gasteiger partial charge in [-0.3, -0.25) is 4.79 Å². The van der Waals surface area contributed by atoms with Crippen LogP contribution in [0.4, 0.5) is 5.69 Å². The summed E-state index contributed by atoms with van der Waals surface area (Å²) < 4.78 is 0.989. The number of hydrogen-bond donors (Lipinski definition) is 1. The van der Waals surface area contributed by atoms with Crippen molar-refractivity contribution in [3.63, 3.8) is 0 Å². The Hall–Kier alpha value is -1.14. The van der Waals surface area contributed by atoms with E-state index in [4.69, 9.17) is 11.6 Å². The van der Waals surface area contributed by atoms with Crippen molar-refractivity contribution in [2.45, 2.75) is 19.8 Å². The van der Waals surface area contributed by atoms with Gasteiger partial charge in [0.2, 0.25) is 0 Å². The lowest BCUT2D eigenvalue weighted by Gasteiger charge is -2.10. The molecule has 1 amide bonds. The first-order valence-electron chi connectivity index (χ1n) is 6.20. The van der Waals surface area contributed by atoms with Gasteiger partial charge in [-0.1, -0.05) is 37.6 Å². The number of rotatable bonds is 3. The van der Waals surface area contributed by atoms with Gasteiger partial charge < -0.3 is 5.32 Å². The SMILES string of the molecule is CC(C)c1cc(C(=O)Nc2ccccc2I)cc(Cl)n1. The van der Waals surface area contributed by atoms with Gasteiger partial charge in [-0.05, 0) is 52.8 Å². The lowest BCUT2D eigenvalue weighted by molar-refractivity contribution is 0.102. The van der Waals surface area contributed by atoms with Gasteiger partial charge in [0.05, 0.1) is 5.69 Å². The summed E-state index contributed by atoms with van der Waals surface area (Å²) in [5, 5.41) is 3.22. The van der Waals surface area contributed by atoms with Gasteiger partial charge in [0.25, 0.3) is 5.91 Å². The second kappa shape index (κ2) is 6.54. The number of carbonyl (C=O) groups excluding carboxylic acids is 1. The van der Waals surface area contributed by atoms with Crippen LogP contribution in [0.1, 0.15) is 35.8 Å². The van der Waals surface area contributed by atoms with E-state index in [1.807, 2.05) is 38.1 Å². The first-order chi connectivity index (χ1) is 9.47. The quantitative estimate of drug-likeness (QED) is 0.598. The number of carbonyl (C=O) groups is 1. The molecule has 0 unspecified atom stereocenters. The molecule has 3 nitrogen and oxygen atoms in total. The molecule has 5 heteroatoms. The van der Waals surface area contributed by atoms with Crippen molar-refractivity contribution < 1.29 is 4.79 Å². The lowest BCUT2D eigenvalue weighted by atomic mass is 10.1. The van der Waals surface area contributed by atoms with Crippen LogP contribution in [0, 0.1) is 3.57 Å². The van der Waals surface area contributed by atoms with Crippen LogP contribution in [0.2, 0.25) is 5.15 Å². The maximum atomic E-state index is 12.3. The van der Waals surface area contributed by atoms with E-state index >= 15 is 0 Å². The largest absolute Gasteiger partial charge is 0.321 e. The topological polar surface area (TPSA) is 42.0 Å². The Labute approximate surface area is 136 Å². The second-order valence-corrected chi connectivity index (χ2v) is 6.24. The first kappa shape index (κ1) is 15.3. The summed E-state index contributed by atoms with van der Waals surface area (Å²) in [4.78, 5) is 16.5. The second-order valence-electron chi connectivity index (χ2n) is 4.69. The van der Waals surface area contributed by atoms with Crippen molar-refractivity contribution in [2.24, 2.45) is 0 Å². The molecule has 0 aliphatic carbocycles. The van der Waals surface area contributed by atoms with E-state index < -0.39 is 0 Å². The maximum absolute atomic E-state index is 12.3. The molecule has 0 aliphatic heterocycles. The molecule has 2 aromatic rings. The molecular weight excluding hydrogens is 387 g/mol. The number of nitrogens with one attached hydrogen (secondary N) is 1. The fraction of sp³-hybridized carbons (Fsp3) is 0.200. The van der Waals surface area contributed by atoms with Crippen molar-refractivity contribution in [3.05, 3.63) is 56.4 Å². The maximum Gasteiger partial charge on any atom is 0.255 e. The van der Waals surface area contributed by atoms with Gasteiger partial charge in [-0.25, -0.2) is 4.98 Å². The highest BCUT2D eigenvalue weighted by molar-refractivity contribution is 14.1. The van der Waals surface area contributed by atoms with E-state index in [2.05, 4.69) is 32.9 Å². The number of hydrogen-bond acceptors (Lipinski definition) is 2. The average molecular weight is 401 g/mol. The molecule has 0 fully saturated rings. The molecule has 1 heterocycles. The third kappa shape index (κ3) is 3.70. The Morgan fingerprint density at radius 1 is 1.30 bits per heavy atom. The van der Waals surface area contributed by atoms with Crippen LogP contribution in [0.5, 0.6) is 0 Å². The molecule has 20 heavy (non-hydrogen) atoms. The Bertz CT molecular complexity index is 644. The summed E-state index contributed by atoms with van der Waals surface area (Å²) in [6, 6.07) is 11.0. The molecule has 0 radical (unpaired) electrons. The molecule has 1 aromatic heterocycles. The van der Waals surface area contributed by atoms with E-state index in [0.29, 0.717) is 10.7 Å². The predicted molar refractivity (Wildman–Crippen MR) is 90.4 cm³/mol. The predicted octanol–water partition coefficient (Wildman–Crippen LogP) is 4.72. The zero-order valence-electron chi connectivity index (χ0n) is 11.2. The first-order valence-corrected chi connectivity index (χ1v) is 7.66. The van der Waals surface area contributed by atoms with Gasteiger partial charge in [0, 0.05) is 14.8 Å². The van der Waals surface area contributed by atoms with Crippen molar-refractivity contribution in [1.82, 2.24) is 4.98 Å². The van der Waals surface area contributed by atoms with Gasteiger partial charge in [0.1, 0.15) is 5.15 Å². The number of anilines is 1. The minimum Gasteiger partial charge on any atom is -0.321 e. The molecule has 0 aliphatic rings. The van der Waals surface area contributed by atoms with Gasteiger partial charge >= 0.3 is 0 Å². The van der Waals surface area contributed by atoms with Crippen LogP contribution in [-0.4, -0.2) is 10.9 Å². The number of pyridine rings is 1. The van der Waals surface area contributed by atoms with E-state index in [9.17, 15) is 4.79 Å². The number of para-hydroxylation sites is 1. The van der Waals surface area contributed by atoms with Crippen LogP contribution in [0.25, 0.3) is 0 Å². The highest BCUT2D eigenvalue weighted by Crippen LogP contribution is 2.21.